The van der Waals surface area contributed by atoms with Gasteiger partial charge in [0, 0.05) is 51.5 Å². The average molecular weight is 451 g/mol. The van der Waals surface area contributed by atoms with E-state index < -0.39 is 10.0 Å². The van der Waals surface area contributed by atoms with E-state index in [1.165, 1.54) is 43.0 Å². The number of hydrogen-bond acceptors (Lipinski definition) is 5. The van der Waals surface area contributed by atoms with Crippen LogP contribution >= 0.6 is 0 Å². The Morgan fingerprint density at radius 2 is 1.61 bits per heavy atom. The maximum atomic E-state index is 12.6. The SMILES string of the molecule is CC(C)N(C)S(=O)(=O)c1ccc(NC(=O)CN2CCN(CC3CCCCC3)CC2)cc1. The van der Waals surface area contributed by atoms with E-state index in [0.29, 0.717) is 12.2 Å². The van der Waals surface area contributed by atoms with Gasteiger partial charge in [-0.25, -0.2) is 8.42 Å². The number of sulfonamides is 1. The number of carbonyl (C=O) groups excluding carboxylic acids is 1. The molecule has 0 unspecified atom stereocenters. The number of nitrogens with one attached hydrogen (secondary N) is 1. The Morgan fingerprint density at radius 3 is 2.19 bits per heavy atom. The maximum Gasteiger partial charge on any atom is 0.243 e. The zero-order valence-electron chi connectivity index (χ0n) is 19.2. The van der Waals surface area contributed by atoms with Crippen molar-refractivity contribution < 1.29 is 13.2 Å². The summed E-state index contributed by atoms with van der Waals surface area (Å²) in [6.45, 7) is 9.13. The fraction of sp³-hybridized carbons (Fsp3) is 0.696. The predicted octanol–water partition coefficient (Wildman–Crippen LogP) is 2.85. The van der Waals surface area contributed by atoms with Gasteiger partial charge in [-0.1, -0.05) is 19.3 Å². The molecule has 0 aromatic heterocycles. The highest BCUT2D eigenvalue weighted by Crippen LogP contribution is 2.25. The lowest BCUT2D eigenvalue weighted by molar-refractivity contribution is -0.117. The molecule has 1 aromatic carbocycles. The summed E-state index contributed by atoms with van der Waals surface area (Å²) in [5.41, 5.74) is 0.618. The van der Waals surface area contributed by atoms with Crippen LogP contribution in [0.15, 0.2) is 29.2 Å². The molecule has 1 heterocycles. The zero-order chi connectivity index (χ0) is 22.4. The van der Waals surface area contributed by atoms with Gasteiger partial charge >= 0.3 is 0 Å². The first-order valence-electron chi connectivity index (χ1n) is 11.6. The van der Waals surface area contributed by atoms with Gasteiger partial charge in [-0.3, -0.25) is 9.69 Å². The number of amides is 1. The van der Waals surface area contributed by atoms with E-state index in [-0.39, 0.29) is 16.8 Å². The van der Waals surface area contributed by atoms with Crippen molar-refractivity contribution in [3.8, 4) is 0 Å². The largest absolute Gasteiger partial charge is 0.325 e. The van der Waals surface area contributed by atoms with E-state index in [2.05, 4.69) is 15.1 Å². The third kappa shape index (κ3) is 6.75. The van der Waals surface area contributed by atoms with Gasteiger partial charge in [-0.2, -0.15) is 4.31 Å². The molecule has 1 saturated heterocycles. The number of nitrogens with zero attached hydrogens (tertiary/aromatic N) is 3. The van der Waals surface area contributed by atoms with E-state index in [4.69, 9.17) is 0 Å². The number of carbonyl (C=O) groups is 1. The normalized spacial score (nSPS) is 19.8. The first-order chi connectivity index (χ1) is 14.8. The second kappa shape index (κ2) is 10.9. The Hall–Kier alpha value is -1.48. The molecule has 1 saturated carbocycles. The molecule has 1 aliphatic heterocycles. The van der Waals surface area contributed by atoms with E-state index >= 15 is 0 Å². The zero-order valence-corrected chi connectivity index (χ0v) is 20.0. The predicted molar refractivity (Wildman–Crippen MR) is 125 cm³/mol. The fourth-order valence-electron chi connectivity index (χ4n) is 4.42. The fourth-order valence-corrected chi connectivity index (χ4v) is 5.79. The quantitative estimate of drug-likeness (QED) is 0.659. The molecule has 0 spiro atoms. The molecule has 8 heteroatoms. The molecule has 0 radical (unpaired) electrons. The molecule has 1 aliphatic carbocycles. The molecule has 31 heavy (non-hydrogen) atoms. The first kappa shape index (κ1) is 24.2. The molecule has 0 bridgehead atoms. The second-order valence-electron chi connectivity index (χ2n) is 9.27. The highest BCUT2D eigenvalue weighted by atomic mass is 32.2. The van der Waals surface area contributed by atoms with Crippen LogP contribution in [0.2, 0.25) is 0 Å². The summed E-state index contributed by atoms with van der Waals surface area (Å²) in [4.78, 5) is 17.4. The second-order valence-corrected chi connectivity index (χ2v) is 11.3. The Morgan fingerprint density at radius 1 is 1.03 bits per heavy atom. The molecular weight excluding hydrogens is 412 g/mol. The summed E-state index contributed by atoms with van der Waals surface area (Å²) < 4.78 is 26.4. The molecule has 0 atom stereocenters. The Bertz CT molecular complexity index is 812. The third-order valence-corrected chi connectivity index (χ3v) is 8.66. The summed E-state index contributed by atoms with van der Waals surface area (Å²) in [6.07, 6.45) is 6.90. The van der Waals surface area contributed by atoms with Crippen LogP contribution in [0.5, 0.6) is 0 Å². The van der Waals surface area contributed by atoms with E-state index in [1.54, 1.807) is 31.3 Å². The number of piperazine rings is 1. The Labute approximate surface area is 187 Å². The van der Waals surface area contributed by atoms with Crippen LogP contribution < -0.4 is 5.32 Å². The Kier molecular flexibility index (Phi) is 8.50. The van der Waals surface area contributed by atoms with E-state index in [1.807, 2.05) is 13.8 Å². The van der Waals surface area contributed by atoms with Gasteiger partial charge in [0.1, 0.15) is 0 Å². The lowest BCUT2D eigenvalue weighted by atomic mass is 9.89. The van der Waals surface area contributed by atoms with Crippen LogP contribution in [0.1, 0.15) is 46.0 Å². The molecule has 174 valence electrons. The number of hydrogen-bond donors (Lipinski definition) is 1. The van der Waals surface area contributed by atoms with Crippen molar-refractivity contribution in [3.05, 3.63) is 24.3 Å². The van der Waals surface area contributed by atoms with Crippen LogP contribution in [0, 0.1) is 5.92 Å². The van der Waals surface area contributed by atoms with Gasteiger partial charge in [0.05, 0.1) is 11.4 Å². The Balaban J connectivity index is 1.44. The first-order valence-corrected chi connectivity index (χ1v) is 13.0. The van der Waals surface area contributed by atoms with Gasteiger partial charge < -0.3 is 10.2 Å². The topological polar surface area (TPSA) is 73.0 Å². The minimum atomic E-state index is -3.51. The molecule has 3 rings (SSSR count). The molecule has 7 nitrogen and oxygen atoms in total. The number of anilines is 1. The van der Waals surface area contributed by atoms with E-state index in [0.717, 1.165) is 32.1 Å². The molecule has 2 aliphatic rings. The molecule has 2 fully saturated rings. The van der Waals surface area contributed by atoms with Crippen molar-refractivity contribution in [2.75, 3.05) is 51.6 Å². The molecule has 1 N–H and O–H groups in total. The third-order valence-electron chi connectivity index (χ3n) is 6.62. The van der Waals surface area contributed by atoms with Crippen LogP contribution in [-0.2, 0) is 14.8 Å². The van der Waals surface area contributed by atoms with Crippen molar-refractivity contribution in [1.82, 2.24) is 14.1 Å². The minimum Gasteiger partial charge on any atom is -0.325 e. The summed E-state index contributed by atoms with van der Waals surface area (Å²) in [6, 6.07) is 6.29. The number of rotatable bonds is 8. The summed E-state index contributed by atoms with van der Waals surface area (Å²) in [5.74, 6) is 0.798. The average Bonchev–Trinajstić information content (AvgIpc) is 2.75. The monoisotopic (exact) mass is 450 g/mol. The van der Waals surface area contributed by atoms with Crippen molar-refractivity contribution in [3.63, 3.8) is 0 Å². The van der Waals surface area contributed by atoms with Crippen LogP contribution in [0.3, 0.4) is 0 Å². The van der Waals surface area contributed by atoms with Gasteiger partial charge in [-0.05, 0) is 56.9 Å². The van der Waals surface area contributed by atoms with Gasteiger partial charge in [0.15, 0.2) is 0 Å². The van der Waals surface area contributed by atoms with Crippen LogP contribution in [0.25, 0.3) is 0 Å². The summed E-state index contributed by atoms with van der Waals surface area (Å²) in [7, 11) is -1.94. The van der Waals surface area contributed by atoms with Crippen molar-refractivity contribution >= 4 is 21.6 Å². The lowest BCUT2D eigenvalue weighted by Crippen LogP contribution is -2.49. The summed E-state index contributed by atoms with van der Waals surface area (Å²) >= 11 is 0. The van der Waals surface area contributed by atoms with Crippen molar-refractivity contribution in [2.45, 2.75) is 56.9 Å². The standard InChI is InChI=1S/C23H38N4O3S/c1-19(2)25(3)31(29,30)22-11-9-21(10-12-22)24-23(28)18-27-15-13-26(14-16-27)17-20-7-5-4-6-8-20/h9-12,19-20H,4-8,13-18H2,1-3H3,(H,24,28). The molecular formula is C23H38N4O3S. The summed E-state index contributed by atoms with van der Waals surface area (Å²) in [5, 5.41) is 2.89. The van der Waals surface area contributed by atoms with Crippen molar-refractivity contribution in [1.29, 1.82) is 0 Å². The molecule has 1 amide bonds. The van der Waals surface area contributed by atoms with Crippen molar-refractivity contribution in [2.24, 2.45) is 5.92 Å². The minimum absolute atomic E-state index is 0.0596. The number of benzene rings is 1. The van der Waals surface area contributed by atoms with Crippen LogP contribution in [0.4, 0.5) is 5.69 Å². The highest BCUT2D eigenvalue weighted by Gasteiger charge is 2.24. The van der Waals surface area contributed by atoms with E-state index in [9.17, 15) is 13.2 Å². The van der Waals surface area contributed by atoms with Gasteiger partial charge in [0.25, 0.3) is 0 Å². The molecule has 1 aromatic rings. The highest BCUT2D eigenvalue weighted by molar-refractivity contribution is 7.89. The maximum absolute atomic E-state index is 12.6. The van der Waals surface area contributed by atoms with Crippen LogP contribution in [-0.4, -0.2) is 80.8 Å². The van der Waals surface area contributed by atoms with Gasteiger partial charge in [0.2, 0.25) is 15.9 Å². The van der Waals surface area contributed by atoms with Gasteiger partial charge in [-0.15, -0.1) is 0 Å². The lowest BCUT2D eigenvalue weighted by Gasteiger charge is -2.37. The smallest absolute Gasteiger partial charge is 0.243 e.